The first-order valence-electron chi connectivity index (χ1n) is 11.0. The molecular formula is C25H28N2O5. The summed E-state index contributed by atoms with van der Waals surface area (Å²) in [4.78, 5) is 36.1. The number of hydrogen-bond donors (Lipinski definition) is 3. The van der Waals surface area contributed by atoms with Crippen LogP contribution in [-0.2, 0) is 14.3 Å². The Bertz CT molecular complexity index is 989. The molecule has 2 aliphatic carbocycles. The zero-order valence-corrected chi connectivity index (χ0v) is 18.2. The highest BCUT2D eigenvalue weighted by Crippen LogP contribution is 2.44. The lowest BCUT2D eigenvalue weighted by molar-refractivity contribution is -0.139. The van der Waals surface area contributed by atoms with Gasteiger partial charge in [0.15, 0.2) is 0 Å². The van der Waals surface area contributed by atoms with Gasteiger partial charge in [0.2, 0.25) is 5.91 Å². The maximum absolute atomic E-state index is 12.6. The fourth-order valence-corrected chi connectivity index (χ4v) is 4.42. The molecule has 0 heterocycles. The average Bonchev–Trinajstić information content (AvgIpc) is 3.50. The Morgan fingerprint density at radius 3 is 2.16 bits per heavy atom. The SMILES string of the molecule is CC(C)[C@@H](NC(=O)OCC1c2ccccc2-c2ccccc21)C(=O)NC[C@H]1C[C@H]1C(=O)O. The van der Waals surface area contributed by atoms with E-state index in [-0.39, 0.29) is 36.2 Å². The molecule has 0 unspecified atom stereocenters. The number of carboxylic acid groups (broad SMARTS) is 1. The first kappa shape index (κ1) is 21.9. The van der Waals surface area contributed by atoms with Gasteiger partial charge in [0.25, 0.3) is 0 Å². The second-order valence-electron chi connectivity index (χ2n) is 8.88. The second kappa shape index (κ2) is 9.02. The molecule has 7 heteroatoms. The third-order valence-electron chi connectivity index (χ3n) is 6.34. The van der Waals surface area contributed by atoms with Crippen molar-refractivity contribution in [2.45, 2.75) is 32.2 Å². The van der Waals surface area contributed by atoms with Crippen LogP contribution in [0.3, 0.4) is 0 Å². The average molecular weight is 437 g/mol. The van der Waals surface area contributed by atoms with E-state index in [0.29, 0.717) is 13.0 Å². The van der Waals surface area contributed by atoms with Crippen LogP contribution in [0.2, 0.25) is 0 Å². The maximum Gasteiger partial charge on any atom is 0.407 e. The van der Waals surface area contributed by atoms with E-state index in [4.69, 9.17) is 9.84 Å². The van der Waals surface area contributed by atoms with E-state index in [1.165, 1.54) is 0 Å². The molecule has 7 nitrogen and oxygen atoms in total. The number of amides is 2. The number of carbonyl (C=O) groups excluding carboxylic acids is 2. The van der Waals surface area contributed by atoms with Crippen molar-refractivity contribution in [3.8, 4) is 11.1 Å². The van der Waals surface area contributed by atoms with Crippen molar-refractivity contribution in [2.75, 3.05) is 13.2 Å². The van der Waals surface area contributed by atoms with E-state index in [0.717, 1.165) is 22.3 Å². The van der Waals surface area contributed by atoms with Gasteiger partial charge in [-0.05, 0) is 40.5 Å². The largest absolute Gasteiger partial charge is 0.481 e. The molecule has 0 saturated heterocycles. The summed E-state index contributed by atoms with van der Waals surface area (Å²) in [6.07, 6.45) is -0.0718. The molecule has 0 aromatic heterocycles. The van der Waals surface area contributed by atoms with E-state index in [1.807, 2.05) is 50.2 Å². The lowest BCUT2D eigenvalue weighted by Gasteiger charge is -2.22. The lowest BCUT2D eigenvalue weighted by Crippen LogP contribution is -2.50. The normalized spacial score (nSPS) is 19.6. The number of rotatable bonds is 8. The highest BCUT2D eigenvalue weighted by Gasteiger charge is 2.43. The van der Waals surface area contributed by atoms with Crippen LogP contribution in [0.1, 0.15) is 37.3 Å². The monoisotopic (exact) mass is 436 g/mol. The Balaban J connectivity index is 1.34. The molecule has 0 bridgehead atoms. The lowest BCUT2D eigenvalue weighted by atomic mass is 9.98. The number of nitrogens with one attached hydrogen (secondary N) is 2. The number of aliphatic carboxylic acids is 1. The van der Waals surface area contributed by atoms with Gasteiger partial charge in [0.05, 0.1) is 5.92 Å². The summed E-state index contributed by atoms with van der Waals surface area (Å²) in [7, 11) is 0. The summed E-state index contributed by atoms with van der Waals surface area (Å²) < 4.78 is 5.55. The van der Waals surface area contributed by atoms with Crippen molar-refractivity contribution >= 4 is 18.0 Å². The van der Waals surface area contributed by atoms with Crippen molar-refractivity contribution in [1.29, 1.82) is 0 Å². The van der Waals surface area contributed by atoms with Crippen LogP contribution >= 0.6 is 0 Å². The third kappa shape index (κ3) is 4.47. The molecular weight excluding hydrogens is 408 g/mol. The summed E-state index contributed by atoms with van der Waals surface area (Å²) in [6.45, 7) is 4.15. The number of fused-ring (bicyclic) bond motifs is 3. The number of carbonyl (C=O) groups is 3. The van der Waals surface area contributed by atoms with E-state index < -0.39 is 18.1 Å². The zero-order valence-electron chi connectivity index (χ0n) is 18.2. The molecule has 0 radical (unpaired) electrons. The number of benzene rings is 2. The van der Waals surface area contributed by atoms with Crippen molar-refractivity contribution in [3.05, 3.63) is 59.7 Å². The van der Waals surface area contributed by atoms with Gasteiger partial charge in [-0.3, -0.25) is 9.59 Å². The molecule has 2 aliphatic rings. The molecule has 1 fully saturated rings. The van der Waals surface area contributed by atoms with E-state index >= 15 is 0 Å². The Labute approximate surface area is 187 Å². The molecule has 3 N–H and O–H groups in total. The molecule has 4 rings (SSSR count). The van der Waals surface area contributed by atoms with Crippen LogP contribution < -0.4 is 10.6 Å². The minimum atomic E-state index is -0.832. The predicted octanol–water partition coefficient (Wildman–Crippen LogP) is 3.39. The van der Waals surface area contributed by atoms with Gasteiger partial charge >= 0.3 is 12.1 Å². The van der Waals surface area contributed by atoms with Gasteiger partial charge in [0.1, 0.15) is 12.6 Å². The third-order valence-corrected chi connectivity index (χ3v) is 6.34. The number of carboxylic acids is 1. The molecule has 32 heavy (non-hydrogen) atoms. The summed E-state index contributed by atoms with van der Waals surface area (Å²) in [5, 5.41) is 14.4. The fraction of sp³-hybridized carbons (Fsp3) is 0.400. The summed E-state index contributed by atoms with van der Waals surface area (Å²) in [5.41, 5.74) is 4.54. The Morgan fingerprint density at radius 2 is 1.62 bits per heavy atom. The Morgan fingerprint density at radius 1 is 1.03 bits per heavy atom. The van der Waals surface area contributed by atoms with Gasteiger partial charge < -0.3 is 20.5 Å². The first-order valence-corrected chi connectivity index (χ1v) is 11.0. The summed E-state index contributed by atoms with van der Waals surface area (Å²) >= 11 is 0. The van der Waals surface area contributed by atoms with Gasteiger partial charge in [-0.25, -0.2) is 4.79 Å². The highest BCUT2D eigenvalue weighted by molar-refractivity contribution is 5.86. The predicted molar refractivity (Wildman–Crippen MR) is 119 cm³/mol. The zero-order chi connectivity index (χ0) is 22.8. The second-order valence-corrected chi connectivity index (χ2v) is 8.88. The van der Waals surface area contributed by atoms with Crippen LogP contribution in [0, 0.1) is 17.8 Å². The summed E-state index contributed by atoms with van der Waals surface area (Å²) in [5.74, 6) is -1.79. The van der Waals surface area contributed by atoms with Gasteiger partial charge in [-0.15, -0.1) is 0 Å². The molecule has 2 aromatic rings. The van der Waals surface area contributed by atoms with Gasteiger partial charge in [-0.1, -0.05) is 62.4 Å². The first-order chi connectivity index (χ1) is 15.4. The smallest absolute Gasteiger partial charge is 0.407 e. The number of ether oxygens (including phenoxy) is 1. The summed E-state index contributed by atoms with van der Waals surface area (Å²) in [6, 6.07) is 15.4. The molecule has 1 saturated carbocycles. The van der Waals surface area contributed by atoms with Gasteiger partial charge in [0, 0.05) is 12.5 Å². The van der Waals surface area contributed by atoms with Crippen molar-refractivity contribution < 1.29 is 24.2 Å². The number of hydrogen-bond acceptors (Lipinski definition) is 4. The Kier molecular flexibility index (Phi) is 6.17. The van der Waals surface area contributed by atoms with Gasteiger partial charge in [-0.2, -0.15) is 0 Å². The van der Waals surface area contributed by atoms with Crippen molar-refractivity contribution in [1.82, 2.24) is 10.6 Å². The van der Waals surface area contributed by atoms with E-state index in [1.54, 1.807) is 0 Å². The minimum absolute atomic E-state index is 0.0429. The van der Waals surface area contributed by atoms with Crippen LogP contribution in [-0.4, -0.2) is 42.3 Å². The molecule has 0 spiro atoms. The Hall–Kier alpha value is -3.35. The standard InChI is InChI=1S/C25H28N2O5/c1-14(2)22(23(28)26-12-15-11-20(15)24(29)30)27-25(31)32-13-21-18-9-5-3-7-16(18)17-8-4-6-10-19(17)21/h3-10,14-15,20-22H,11-13H2,1-2H3,(H,26,28)(H,27,31)(H,29,30)/t15-,20-,22-/m1/s1. The molecule has 2 amide bonds. The number of alkyl carbamates (subject to hydrolysis) is 1. The fourth-order valence-electron chi connectivity index (χ4n) is 4.42. The van der Waals surface area contributed by atoms with Crippen molar-refractivity contribution in [3.63, 3.8) is 0 Å². The molecule has 0 aliphatic heterocycles. The topological polar surface area (TPSA) is 105 Å². The molecule has 2 aromatic carbocycles. The molecule has 168 valence electrons. The van der Waals surface area contributed by atoms with Crippen molar-refractivity contribution in [2.24, 2.45) is 17.8 Å². The minimum Gasteiger partial charge on any atom is -0.481 e. The molecule has 3 atom stereocenters. The van der Waals surface area contributed by atoms with Crippen LogP contribution in [0.15, 0.2) is 48.5 Å². The van der Waals surface area contributed by atoms with Crippen LogP contribution in [0.4, 0.5) is 4.79 Å². The maximum atomic E-state index is 12.6. The highest BCUT2D eigenvalue weighted by atomic mass is 16.5. The quantitative estimate of drug-likeness (QED) is 0.588. The van der Waals surface area contributed by atoms with E-state index in [2.05, 4.69) is 22.8 Å². The van der Waals surface area contributed by atoms with Crippen LogP contribution in [0.25, 0.3) is 11.1 Å². The van der Waals surface area contributed by atoms with Crippen LogP contribution in [0.5, 0.6) is 0 Å². The van der Waals surface area contributed by atoms with E-state index in [9.17, 15) is 14.4 Å².